The third kappa shape index (κ3) is 1.30. The van der Waals surface area contributed by atoms with Crippen LogP contribution in [-0.4, -0.2) is 17.4 Å². The van der Waals surface area contributed by atoms with Crippen molar-refractivity contribution in [3.8, 4) is 5.75 Å². The van der Waals surface area contributed by atoms with Crippen LogP contribution in [0.1, 0.15) is 27.9 Å². The Morgan fingerprint density at radius 2 is 2.21 bits per heavy atom. The molecule has 0 aromatic heterocycles. The summed E-state index contributed by atoms with van der Waals surface area (Å²) in [5, 5.41) is 9.83. The summed E-state index contributed by atoms with van der Waals surface area (Å²) >= 11 is 0. The van der Waals surface area contributed by atoms with E-state index in [0.29, 0.717) is 5.56 Å². The standard InChI is InChI=1S/C11H13NO2/c12-6-10(13)9-5-4-7-2-1-3-8(7)11(9)14/h4-5,14H,1-3,6,12H2. The lowest BCUT2D eigenvalue weighted by atomic mass is 10.0. The van der Waals surface area contributed by atoms with E-state index in [4.69, 9.17) is 5.73 Å². The summed E-state index contributed by atoms with van der Waals surface area (Å²) in [7, 11) is 0. The Hall–Kier alpha value is -1.35. The minimum atomic E-state index is -0.197. The van der Waals surface area contributed by atoms with E-state index in [1.807, 2.05) is 6.07 Å². The SMILES string of the molecule is NCC(=O)c1ccc2c(c1O)CCC2. The van der Waals surface area contributed by atoms with Crippen LogP contribution in [0.15, 0.2) is 12.1 Å². The summed E-state index contributed by atoms with van der Waals surface area (Å²) in [6.07, 6.45) is 2.93. The number of benzene rings is 1. The lowest BCUT2D eigenvalue weighted by Crippen LogP contribution is -2.14. The molecule has 1 aliphatic carbocycles. The summed E-state index contributed by atoms with van der Waals surface area (Å²) < 4.78 is 0. The molecule has 0 amide bonds. The number of carbonyl (C=O) groups is 1. The van der Waals surface area contributed by atoms with Crippen LogP contribution in [0.2, 0.25) is 0 Å². The molecule has 0 radical (unpaired) electrons. The average Bonchev–Trinajstić information content (AvgIpc) is 2.66. The van der Waals surface area contributed by atoms with Crippen LogP contribution in [0.3, 0.4) is 0 Å². The number of hydrogen-bond donors (Lipinski definition) is 2. The Bertz CT molecular complexity index is 385. The topological polar surface area (TPSA) is 63.3 Å². The van der Waals surface area contributed by atoms with Crippen molar-refractivity contribution in [1.82, 2.24) is 0 Å². The molecule has 3 N–H and O–H groups in total. The van der Waals surface area contributed by atoms with Gasteiger partial charge in [0.15, 0.2) is 5.78 Å². The molecule has 74 valence electrons. The van der Waals surface area contributed by atoms with E-state index < -0.39 is 0 Å². The molecule has 0 bridgehead atoms. The minimum Gasteiger partial charge on any atom is -0.507 e. The molecule has 0 spiro atoms. The van der Waals surface area contributed by atoms with Gasteiger partial charge < -0.3 is 10.8 Å². The van der Waals surface area contributed by atoms with Crippen LogP contribution in [0.5, 0.6) is 5.75 Å². The first-order valence-electron chi connectivity index (χ1n) is 4.81. The van der Waals surface area contributed by atoms with E-state index in [1.54, 1.807) is 6.07 Å². The molecule has 1 aliphatic rings. The van der Waals surface area contributed by atoms with Crippen molar-refractivity contribution in [2.24, 2.45) is 5.73 Å². The Labute approximate surface area is 82.5 Å². The van der Waals surface area contributed by atoms with Gasteiger partial charge in [0.25, 0.3) is 0 Å². The molecule has 0 saturated carbocycles. The molecular weight excluding hydrogens is 178 g/mol. The van der Waals surface area contributed by atoms with Crippen molar-refractivity contribution in [3.63, 3.8) is 0 Å². The predicted molar refractivity (Wildman–Crippen MR) is 53.5 cm³/mol. The maximum absolute atomic E-state index is 11.3. The molecule has 0 saturated heterocycles. The average molecular weight is 191 g/mol. The molecule has 0 atom stereocenters. The summed E-state index contributed by atoms with van der Waals surface area (Å²) in [5.74, 6) is -0.0485. The van der Waals surface area contributed by atoms with Crippen molar-refractivity contribution < 1.29 is 9.90 Å². The van der Waals surface area contributed by atoms with Crippen LogP contribution < -0.4 is 5.73 Å². The van der Waals surface area contributed by atoms with Crippen molar-refractivity contribution in [1.29, 1.82) is 0 Å². The number of phenolic OH excluding ortho intramolecular Hbond substituents is 1. The second-order valence-corrected chi connectivity index (χ2v) is 3.58. The molecule has 1 aromatic carbocycles. The van der Waals surface area contributed by atoms with E-state index in [1.165, 1.54) is 0 Å². The van der Waals surface area contributed by atoms with Gasteiger partial charge in [-0.1, -0.05) is 6.07 Å². The maximum atomic E-state index is 11.3. The summed E-state index contributed by atoms with van der Waals surface area (Å²) in [5.41, 5.74) is 7.72. The first-order valence-corrected chi connectivity index (χ1v) is 4.81. The summed E-state index contributed by atoms with van der Waals surface area (Å²) in [6, 6.07) is 3.60. The van der Waals surface area contributed by atoms with Crippen LogP contribution in [0, 0.1) is 0 Å². The van der Waals surface area contributed by atoms with Crippen LogP contribution in [0.25, 0.3) is 0 Å². The van der Waals surface area contributed by atoms with Gasteiger partial charge >= 0.3 is 0 Å². The Balaban J connectivity index is 2.50. The zero-order valence-corrected chi connectivity index (χ0v) is 7.92. The van der Waals surface area contributed by atoms with Gasteiger partial charge in [-0.3, -0.25) is 4.79 Å². The quantitative estimate of drug-likeness (QED) is 0.686. The molecular formula is C11H13NO2. The monoisotopic (exact) mass is 191 g/mol. The highest BCUT2D eigenvalue weighted by Crippen LogP contribution is 2.32. The molecule has 2 rings (SSSR count). The highest BCUT2D eigenvalue weighted by molar-refractivity contribution is 6.00. The molecule has 14 heavy (non-hydrogen) atoms. The Morgan fingerprint density at radius 3 is 2.93 bits per heavy atom. The van der Waals surface area contributed by atoms with Gasteiger partial charge in [0.1, 0.15) is 5.75 Å². The Morgan fingerprint density at radius 1 is 1.43 bits per heavy atom. The molecule has 0 heterocycles. The molecule has 0 unspecified atom stereocenters. The van der Waals surface area contributed by atoms with Crippen LogP contribution >= 0.6 is 0 Å². The fourth-order valence-electron chi connectivity index (χ4n) is 1.98. The minimum absolute atomic E-state index is 0.0493. The number of hydrogen-bond acceptors (Lipinski definition) is 3. The number of fused-ring (bicyclic) bond motifs is 1. The second kappa shape index (κ2) is 3.42. The predicted octanol–water partition coefficient (Wildman–Crippen LogP) is 1.02. The molecule has 0 aliphatic heterocycles. The van der Waals surface area contributed by atoms with Gasteiger partial charge in [-0.15, -0.1) is 0 Å². The highest BCUT2D eigenvalue weighted by Gasteiger charge is 2.19. The number of phenols is 1. The zero-order valence-electron chi connectivity index (χ0n) is 7.92. The summed E-state index contributed by atoms with van der Waals surface area (Å²) in [4.78, 5) is 11.3. The van der Waals surface area contributed by atoms with Crippen molar-refractivity contribution in [3.05, 3.63) is 28.8 Å². The third-order valence-corrected chi connectivity index (χ3v) is 2.74. The molecule has 3 nitrogen and oxygen atoms in total. The van der Waals surface area contributed by atoms with Gasteiger partial charge in [0.2, 0.25) is 0 Å². The van der Waals surface area contributed by atoms with E-state index in [9.17, 15) is 9.90 Å². The number of aryl methyl sites for hydroxylation is 1. The van der Waals surface area contributed by atoms with Crippen LogP contribution in [0.4, 0.5) is 0 Å². The smallest absolute Gasteiger partial charge is 0.180 e. The molecule has 1 aromatic rings. The number of Topliss-reactive ketones (excluding diaryl/α,β-unsaturated/α-hetero) is 1. The van der Waals surface area contributed by atoms with Gasteiger partial charge in [-0.25, -0.2) is 0 Å². The number of carbonyl (C=O) groups excluding carboxylic acids is 1. The first-order chi connectivity index (χ1) is 6.74. The second-order valence-electron chi connectivity index (χ2n) is 3.58. The van der Waals surface area contributed by atoms with Gasteiger partial charge in [0, 0.05) is 0 Å². The van der Waals surface area contributed by atoms with Gasteiger partial charge in [0.05, 0.1) is 12.1 Å². The van der Waals surface area contributed by atoms with Gasteiger partial charge in [-0.2, -0.15) is 0 Å². The van der Waals surface area contributed by atoms with Crippen molar-refractivity contribution in [2.75, 3.05) is 6.54 Å². The van der Waals surface area contributed by atoms with Crippen LogP contribution in [-0.2, 0) is 12.8 Å². The molecule has 3 heteroatoms. The van der Waals surface area contributed by atoms with E-state index in [0.717, 1.165) is 30.4 Å². The van der Waals surface area contributed by atoms with E-state index in [-0.39, 0.29) is 18.1 Å². The number of ketones is 1. The van der Waals surface area contributed by atoms with Crippen molar-refractivity contribution in [2.45, 2.75) is 19.3 Å². The largest absolute Gasteiger partial charge is 0.507 e. The Kier molecular flexibility index (Phi) is 2.25. The number of aromatic hydroxyl groups is 1. The molecule has 0 fully saturated rings. The van der Waals surface area contributed by atoms with Gasteiger partial charge in [-0.05, 0) is 36.5 Å². The normalized spacial score (nSPS) is 14.1. The highest BCUT2D eigenvalue weighted by atomic mass is 16.3. The number of nitrogens with two attached hydrogens (primary N) is 1. The number of rotatable bonds is 2. The van der Waals surface area contributed by atoms with E-state index in [2.05, 4.69) is 0 Å². The van der Waals surface area contributed by atoms with Crippen molar-refractivity contribution >= 4 is 5.78 Å². The zero-order chi connectivity index (χ0) is 10.1. The summed E-state index contributed by atoms with van der Waals surface area (Å²) in [6.45, 7) is -0.0493. The fourth-order valence-corrected chi connectivity index (χ4v) is 1.98. The third-order valence-electron chi connectivity index (χ3n) is 2.74. The lowest BCUT2D eigenvalue weighted by molar-refractivity contribution is 0.0998. The maximum Gasteiger partial charge on any atom is 0.180 e. The first kappa shape index (κ1) is 9.21. The lowest BCUT2D eigenvalue weighted by Gasteiger charge is -2.07. The van der Waals surface area contributed by atoms with E-state index >= 15 is 0 Å². The fraction of sp³-hybridized carbons (Fsp3) is 0.364.